The highest BCUT2D eigenvalue weighted by molar-refractivity contribution is 5.75. The molecule has 0 unspecified atom stereocenters. The van der Waals surface area contributed by atoms with E-state index in [0.717, 1.165) is 5.56 Å². The van der Waals surface area contributed by atoms with E-state index >= 15 is 0 Å². The van der Waals surface area contributed by atoms with Crippen molar-refractivity contribution >= 4 is 5.97 Å². The fraction of sp³-hybridized carbons (Fsp3) is 0.538. The first-order chi connectivity index (χ1) is 7.77. The Morgan fingerprint density at radius 1 is 1.41 bits per heavy atom. The van der Waals surface area contributed by atoms with Crippen LogP contribution in [0.2, 0.25) is 0 Å². The van der Waals surface area contributed by atoms with E-state index in [1.807, 2.05) is 26.0 Å². The van der Waals surface area contributed by atoms with Crippen molar-refractivity contribution in [2.75, 3.05) is 0 Å². The molecular weight excluding hydrogens is 216 g/mol. The molecule has 4 heteroatoms. The van der Waals surface area contributed by atoms with Crippen LogP contribution in [0.25, 0.3) is 0 Å². The number of hydrogen-bond donors (Lipinski definition) is 2. The normalized spacial score (nSPS) is 12.5. The molecule has 0 aromatic carbocycles. The topological polar surface area (TPSA) is 62.2 Å². The smallest absolute Gasteiger partial charge is 0.310 e. The highest BCUT2D eigenvalue weighted by Crippen LogP contribution is 2.30. The molecule has 0 saturated carbocycles. The first kappa shape index (κ1) is 13.6. The summed E-state index contributed by atoms with van der Waals surface area (Å²) < 4.78 is 0. The third kappa shape index (κ3) is 3.03. The van der Waals surface area contributed by atoms with E-state index in [0.29, 0.717) is 6.54 Å². The second-order valence-electron chi connectivity index (χ2n) is 5.27. The lowest BCUT2D eigenvalue weighted by atomic mass is 9.74. The summed E-state index contributed by atoms with van der Waals surface area (Å²) in [6.07, 6.45) is 3.49. The van der Waals surface area contributed by atoms with Crippen LogP contribution in [0.1, 0.15) is 33.3 Å². The van der Waals surface area contributed by atoms with Crippen molar-refractivity contribution in [2.24, 2.45) is 5.41 Å². The molecule has 0 amide bonds. The molecule has 0 aliphatic carbocycles. The van der Waals surface area contributed by atoms with Gasteiger partial charge in [0.2, 0.25) is 0 Å². The van der Waals surface area contributed by atoms with Crippen LogP contribution in [0.15, 0.2) is 24.5 Å². The second-order valence-corrected chi connectivity index (χ2v) is 5.27. The second kappa shape index (κ2) is 4.84. The van der Waals surface area contributed by atoms with E-state index < -0.39 is 16.9 Å². The van der Waals surface area contributed by atoms with E-state index in [2.05, 4.69) is 10.3 Å². The van der Waals surface area contributed by atoms with Crippen molar-refractivity contribution in [3.63, 3.8) is 0 Å². The Morgan fingerprint density at radius 3 is 2.53 bits per heavy atom. The molecule has 0 radical (unpaired) electrons. The van der Waals surface area contributed by atoms with Gasteiger partial charge in [0.05, 0.1) is 5.41 Å². The minimum Gasteiger partial charge on any atom is -0.481 e. The molecule has 1 aromatic rings. The Balaban J connectivity index is 2.71. The van der Waals surface area contributed by atoms with Crippen LogP contribution in [0.3, 0.4) is 0 Å². The van der Waals surface area contributed by atoms with Gasteiger partial charge in [-0.25, -0.2) is 0 Å². The fourth-order valence-corrected chi connectivity index (χ4v) is 1.31. The number of aliphatic carboxylic acids is 1. The van der Waals surface area contributed by atoms with Crippen molar-refractivity contribution in [1.82, 2.24) is 10.3 Å². The highest BCUT2D eigenvalue weighted by atomic mass is 16.4. The van der Waals surface area contributed by atoms with Crippen LogP contribution < -0.4 is 5.32 Å². The molecule has 2 N–H and O–H groups in total. The van der Waals surface area contributed by atoms with Crippen LogP contribution in [-0.4, -0.2) is 21.6 Å². The number of carbonyl (C=O) groups is 1. The number of nitrogens with one attached hydrogen (secondary N) is 1. The Bertz CT molecular complexity index is 386. The van der Waals surface area contributed by atoms with E-state index in [4.69, 9.17) is 0 Å². The van der Waals surface area contributed by atoms with Crippen LogP contribution in [0, 0.1) is 5.41 Å². The molecule has 1 aromatic heterocycles. The third-order valence-corrected chi connectivity index (χ3v) is 3.55. The lowest BCUT2D eigenvalue weighted by molar-refractivity contribution is -0.151. The van der Waals surface area contributed by atoms with E-state index in [-0.39, 0.29) is 0 Å². The van der Waals surface area contributed by atoms with Gasteiger partial charge in [-0.2, -0.15) is 0 Å². The van der Waals surface area contributed by atoms with Crippen LogP contribution in [0.5, 0.6) is 0 Å². The SMILES string of the molecule is CC(C)(NCc1cccnc1)C(C)(C)C(=O)O. The average Bonchev–Trinajstić information content (AvgIpc) is 2.27. The van der Waals surface area contributed by atoms with Gasteiger partial charge >= 0.3 is 5.97 Å². The highest BCUT2D eigenvalue weighted by Gasteiger charge is 2.42. The summed E-state index contributed by atoms with van der Waals surface area (Å²) in [5, 5.41) is 12.5. The molecule has 4 nitrogen and oxygen atoms in total. The van der Waals surface area contributed by atoms with Gasteiger partial charge in [-0.3, -0.25) is 9.78 Å². The Hall–Kier alpha value is -1.42. The molecule has 0 spiro atoms. The summed E-state index contributed by atoms with van der Waals surface area (Å²) in [6, 6.07) is 3.83. The zero-order valence-corrected chi connectivity index (χ0v) is 10.8. The fourth-order valence-electron chi connectivity index (χ4n) is 1.31. The van der Waals surface area contributed by atoms with Gasteiger partial charge in [0.1, 0.15) is 0 Å². The van der Waals surface area contributed by atoms with E-state index in [1.54, 1.807) is 26.2 Å². The van der Waals surface area contributed by atoms with Gasteiger partial charge < -0.3 is 10.4 Å². The Morgan fingerprint density at radius 2 is 2.06 bits per heavy atom. The van der Waals surface area contributed by atoms with Crippen molar-refractivity contribution in [3.8, 4) is 0 Å². The predicted octanol–water partition coefficient (Wildman–Crippen LogP) is 2.06. The molecular formula is C13H20N2O2. The number of hydrogen-bond acceptors (Lipinski definition) is 3. The number of carboxylic acids is 1. The lowest BCUT2D eigenvalue weighted by Gasteiger charge is -2.39. The maximum Gasteiger partial charge on any atom is 0.310 e. The summed E-state index contributed by atoms with van der Waals surface area (Å²) in [5.74, 6) is -0.804. The summed E-state index contributed by atoms with van der Waals surface area (Å²) >= 11 is 0. The maximum atomic E-state index is 11.2. The maximum absolute atomic E-state index is 11.2. The van der Waals surface area contributed by atoms with Gasteiger partial charge in [-0.05, 0) is 39.3 Å². The van der Waals surface area contributed by atoms with E-state index in [1.165, 1.54) is 0 Å². The van der Waals surface area contributed by atoms with Gasteiger partial charge in [0.15, 0.2) is 0 Å². The molecule has 0 aliphatic rings. The molecule has 0 bridgehead atoms. The molecule has 0 atom stereocenters. The number of pyridine rings is 1. The third-order valence-electron chi connectivity index (χ3n) is 3.55. The van der Waals surface area contributed by atoms with Crippen molar-refractivity contribution in [3.05, 3.63) is 30.1 Å². The molecule has 1 rings (SSSR count). The van der Waals surface area contributed by atoms with Crippen molar-refractivity contribution in [2.45, 2.75) is 39.8 Å². The lowest BCUT2D eigenvalue weighted by Crippen LogP contribution is -2.54. The number of rotatable bonds is 5. The number of nitrogens with zero attached hydrogens (tertiary/aromatic N) is 1. The molecule has 0 saturated heterocycles. The monoisotopic (exact) mass is 236 g/mol. The molecule has 17 heavy (non-hydrogen) atoms. The minimum atomic E-state index is -0.838. The Kier molecular flexibility index (Phi) is 3.88. The zero-order valence-electron chi connectivity index (χ0n) is 10.8. The van der Waals surface area contributed by atoms with Crippen molar-refractivity contribution < 1.29 is 9.90 Å². The summed E-state index contributed by atoms with van der Waals surface area (Å²) in [6.45, 7) is 7.86. The zero-order chi connectivity index (χ0) is 13.1. The standard InChI is InChI=1S/C13H20N2O2/c1-12(2,11(16)17)13(3,4)15-9-10-6-5-7-14-8-10/h5-8,15H,9H2,1-4H3,(H,16,17). The largest absolute Gasteiger partial charge is 0.481 e. The molecule has 94 valence electrons. The first-order valence-corrected chi connectivity index (χ1v) is 5.65. The minimum absolute atomic E-state index is 0.505. The number of carboxylic acid groups (broad SMARTS) is 1. The van der Waals surface area contributed by atoms with E-state index in [9.17, 15) is 9.90 Å². The molecule has 1 heterocycles. The van der Waals surface area contributed by atoms with Gasteiger partial charge in [0, 0.05) is 24.5 Å². The van der Waals surface area contributed by atoms with Gasteiger partial charge in [-0.1, -0.05) is 6.07 Å². The van der Waals surface area contributed by atoms with Gasteiger partial charge in [0.25, 0.3) is 0 Å². The average molecular weight is 236 g/mol. The summed E-state index contributed by atoms with van der Waals surface area (Å²) in [4.78, 5) is 15.3. The summed E-state index contributed by atoms with van der Waals surface area (Å²) in [7, 11) is 0. The van der Waals surface area contributed by atoms with Crippen LogP contribution >= 0.6 is 0 Å². The molecule has 0 fully saturated rings. The Labute approximate surface area is 102 Å². The predicted molar refractivity (Wildman–Crippen MR) is 66.6 cm³/mol. The van der Waals surface area contributed by atoms with Crippen molar-refractivity contribution in [1.29, 1.82) is 0 Å². The summed E-state index contributed by atoms with van der Waals surface area (Å²) in [5.41, 5.74) is -0.300. The van der Waals surface area contributed by atoms with Crippen LogP contribution in [-0.2, 0) is 11.3 Å². The van der Waals surface area contributed by atoms with Crippen LogP contribution in [0.4, 0.5) is 0 Å². The number of aromatic nitrogens is 1. The molecule has 0 aliphatic heterocycles. The quantitative estimate of drug-likeness (QED) is 0.821. The van der Waals surface area contributed by atoms with Gasteiger partial charge in [-0.15, -0.1) is 0 Å². The first-order valence-electron chi connectivity index (χ1n) is 5.65.